The summed E-state index contributed by atoms with van der Waals surface area (Å²) in [5.41, 5.74) is 9.24. The van der Waals surface area contributed by atoms with Gasteiger partial charge in [0, 0.05) is 5.56 Å². The average molecular weight is 262 g/mol. The molecule has 18 heavy (non-hydrogen) atoms. The minimum absolute atomic E-state index is 0.193. The van der Waals surface area contributed by atoms with E-state index in [2.05, 4.69) is 9.72 Å². The standard InChI is InChI=1S/C13H14N2O2S/c1-7-4-5-8(2)9(6-7)12-15-10(11(14)18-12)13(16)17-3/h4-6H,14H2,1-3H3. The lowest BCUT2D eigenvalue weighted by Crippen LogP contribution is -2.04. The zero-order chi connectivity index (χ0) is 13.3. The average Bonchev–Trinajstić information content (AvgIpc) is 2.73. The van der Waals surface area contributed by atoms with Crippen LogP contribution in [0.25, 0.3) is 10.6 Å². The summed E-state index contributed by atoms with van der Waals surface area (Å²) in [7, 11) is 1.32. The molecule has 0 aliphatic rings. The van der Waals surface area contributed by atoms with Crippen molar-refractivity contribution in [2.24, 2.45) is 0 Å². The predicted molar refractivity (Wildman–Crippen MR) is 72.8 cm³/mol. The van der Waals surface area contributed by atoms with Crippen molar-refractivity contribution in [3.63, 3.8) is 0 Å². The fraction of sp³-hybridized carbons (Fsp3) is 0.231. The van der Waals surface area contributed by atoms with E-state index in [1.807, 2.05) is 32.0 Å². The number of carbonyl (C=O) groups excluding carboxylic acids is 1. The van der Waals surface area contributed by atoms with Crippen LogP contribution in [0.2, 0.25) is 0 Å². The number of esters is 1. The maximum Gasteiger partial charge on any atom is 0.359 e. The molecule has 0 aliphatic heterocycles. The molecule has 0 bridgehead atoms. The number of rotatable bonds is 2. The minimum atomic E-state index is -0.500. The fourth-order valence-corrected chi connectivity index (χ4v) is 2.56. The summed E-state index contributed by atoms with van der Waals surface area (Å²) < 4.78 is 4.65. The minimum Gasteiger partial charge on any atom is -0.464 e. The summed E-state index contributed by atoms with van der Waals surface area (Å²) >= 11 is 1.30. The van der Waals surface area contributed by atoms with Crippen LogP contribution in [0.3, 0.4) is 0 Å². The highest BCUT2D eigenvalue weighted by Crippen LogP contribution is 2.32. The second-order valence-corrected chi connectivity index (χ2v) is 5.07. The number of benzene rings is 1. The number of carbonyl (C=O) groups is 1. The Kier molecular flexibility index (Phi) is 3.34. The van der Waals surface area contributed by atoms with Crippen LogP contribution < -0.4 is 5.73 Å². The lowest BCUT2D eigenvalue weighted by molar-refractivity contribution is 0.0596. The Labute approximate surface area is 109 Å². The Bertz CT molecular complexity index is 605. The van der Waals surface area contributed by atoms with Gasteiger partial charge in [0.15, 0.2) is 5.69 Å². The molecule has 94 valence electrons. The van der Waals surface area contributed by atoms with E-state index in [-0.39, 0.29) is 5.69 Å². The Morgan fingerprint density at radius 3 is 2.78 bits per heavy atom. The van der Waals surface area contributed by atoms with E-state index in [0.29, 0.717) is 5.00 Å². The number of methoxy groups -OCH3 is 1. The van der Waals surface area contributed by atoms with Gasteiger partial charge in [-0.3, -0.25) is 0 Å². The van der Waals surface area contributed by atoms with Gasteiger partial charge in [-0.25, -0.2) is 9.78 Å². The largest absolute Gasteiger partial charge is 0.464 e. The molecule has 0 fully saturated rings. The lowest BCUT2D eigenvalue weighted by atomic mass is 10.1. The van der Waals surface area contributed by atoms with E-state index >= 15 is 0 Å². The van der Waals surface area contributed by atoms with E-state index in [0.717, 1.165) is 21.7 Å². The number of aryl methyl sites for hydroxylation is 2. The van der Waals surface area contributed by atoms with Gasteiger partial charge in [0.1, 0.15) is 10.0 Å². The third-order valence-corrected chi connectivity index (χ3v) is 3.57. The summed E-state index contributed by atoms with van der Waals surface area (Å²) in [6, 6.07) is 6.10. The molecule has 1 aromatic carbocycles. The van der Waals surface area contributed by atoms with Crippen LogP contribution >= 0.6 is 11.3 Å². The van der Waals surface area contributed by atoms with Crippen molar-refractivity contribution in [3.8, 4) is 10.6 Å². The molecule has 0 aliphatic carbocycles. The monoisotopic (exact) mass is 262 g/mol. The number of nitrogens with zero attached hydrogens (tertiary/aromatic N) is 1. The molecule has 0 saturated carbocycles. The van der Waals surface area contributed by atoms with Crippen molar-refractivity contribution >= 4 is 22.3 Å². The first kappa shape index (κ1) is 12.6. The molecule has 2 aromatic rings. The molecule has 2 N–H and O–H groups in total. The van der Waals surface area contributed by atoms with Crippen LogP contribution in [-0.2, 0) is 4.74 Å². The quantitative estimate of drug-likeness (QED) is 0.845. The van der Waals surface area contributed by atoms with E-state index in [1.54, 1.807) is 0 Å². The molecule has 0 saturated heterocycles. The number of nitrogens with two attached hydrogens (primary N) is 1. The normalized spacial score (nSPS) is 10.4. The first-order valence-corrected chi connectivity index (χ1v) is 6.27. The van der Waals surface area contributed by atoms with Crippen LogP contribution in [0.4, 0.5) is 5.00 Å². The third kappa shape index (κ3) is 2.22. The highest BCUT2D eigenvalue weighted by Gasteiger charge is 2.18. The zero-order valence-electron chi connectivity index (χ0n) is 10.5. The summed E-state index contributed by atoms with van der Waals surface area (Å²) in [6.45, 7) is 4.02. The highest BCUT2D eigenvalue weighted by atomic mass is 32.1. The summed E-state index contributed by atoms with van der Waals surface area (Å²) in [5, 5.41) is 1.13. The molecule has 0 amide bonds. The number of hydrogen-bond donors (Lipinski definition) is 1. The second kappa shape index (κ2) is 4.78. The zero-order valence-corrected chi connectivity index (χ0v) is 11.3. The van der Waals surface area contributed by atoms with Gasteiger partial charge in [0.2, 0.25) is 0 Å². The smallest absolute Gasteiger partial charge is 0.359 e. The van der Waals surface area contributed by atoms with Crippen molar-refractivity contribution < 1.29 is 9.53 Å². The molecular formula is C13H14N2O2S. The first-order valence-electron chi connectivity index (χ1n) is 5.45. The summed E-state index contributed by atoms with van der Waals surface area (Å²) in [6.07, 6.45) is 0. The Morgan fingerprint density at radius 1 is 1.39 bits per heavy atom. The van der Waals surface area contributed by atoms with Crippen molar-refractivity contribution in [3.05, 3.63) is 35.0 Å². The van der Waals surface area contributed by atoms with Crippen LogP contribution in [0, 0.1) is 13.8 Å². The first-order chi connectivity index (χ1) is 8.52. The van der Waals surface area contributed by atoms with Gasteiger partial charge in [-0.1, -0.05) is 29.0 Å². The highest BCUT2D eigenvalue weighted by molar-refractivity contribution is 7.19. The molecule has 0 unspecified atom stereocenters. The Hall–Kier alpha value is -1.88. The van der Waals surface area contributed by atoms with Crippen molar-refractivity contribution in [2.45, 2.75) is 13.8 Å². The molecule has 0 atom stereocenters. The van der Waals surface area contributed by atoms with Gasteiger partial charge >= 0.3 is 5.97 Å². The predicted octanol–water partition coefficient (Wildman–Crippen LogP) is 2.80. The van der Waals surface area contributed by atoms with E-state index < -0.39 is 5.97 Å². The van der Waals surface area contributed by atoms with Gasteiger partial charge in [-0.15, -0.1) is 0 Å². The molecule has 0 spiro atoms. The maximum absolute atomic E-state index is 11.5. The lowest BCUT2D eigenvalue weighted by Gasteiger charge is -2.03. The van der Waals surface area contributed by atoms with Gasteiger partial charge in [0.25, 0.3) is 0 Å². The van der Waals surface area contributed by atoms with Crippen LogP contribution in [-0.4, -0.2) is 18.1 Å². The topological polar surface area (TPSA) is 65.2 Å². The number of aromatic nitrogens is 1. The molecule has 0 radical (unpaired) electrons. The molecule has 1 heterocycles. The number of anilines is 1. The van der Waals surface area contributed by atoms with E-state index in [1.165, 1.54) is 18.4 Å². The van der Waals surface area contributed by atoms with Crippen LogP contribution in [0.5, 0.6) is 0 Å². The molecule has 4 nitrogen and oxygen atoms in total. The fourth-order valence-electron chi connectivity index (χ4n) is 1.66. The number of thiazole rings is 1. The SMILES string of the molecule is COC(=O)c1nc(-c2cc(C)ccc2C)sc1N. The van der Waals surface area contributed by atoms with E-state index in [4.69, 9.17) is 5.73 Å². The number of nitrogen functional groups attached to an aromatic ring is 1. The Morgan fingerprint density at radius 2 is 2.11 bits per heavy atom. The van der Waals surface area contributed by atoms with Crippen molar-refractivity contribution in [2.75, 3.05) is 12.8 Å². The van der Waals surface area contributed by atoms with Crippen LogP contribution in [0.1, 0.15) is 21.6 Å². The number of ether oxygens (including phenoxy) is 1. The molecule has 5 heteroatoms. The van der Waals surface area contributed by atoms with E-state index in [9.17, 15) is 4.79 Å². The van der Waals surface area contributed by atoms with Gasteiger partial charge < -0.3 is 10.5 Å². The maximum atomic E-state index is 11.5. The molecular weight excluding hydrogens is 248 g/mol. The second-order valence-electron chi connectivity index (χ2n) is 4.04. The van der Waals surface area contributed by atoms with Gasteiger partial charge in [-0.05, 0) is 25.5 Å². The van der Waals surface area contributed by atoms with Gasteiger partial charge in [0.05, 0.1) is 7.11 Å². The summed E-state index contributed by atoms with van der Waals surface area (Å²) in [5.74, 6) is -0.500. The molecule has 2 rings (SSSR count). The van der Waals surface area contributed by atoms with Crippen molar-refractivity contribution in [1.82, 2.24) is 4.98 Å². The number of hydrogen-bond acceptors (Lipinski definition) is 5. The van der Waals surface area contributed by atoms with Gasteiger partial charge in [-0.2, -0.15) is 0 Å². The van der Waals surface area contributed by atoms with Crippen molar-refractivity contribution in [1.29, 1.82) is 0 Å². The Balaban J connectivity index is 2.52. The van der Waals surface area contributed by atoms with Crippen LogP contribution in [0.15, 0.2) is 18.2 Å². The molecule has 1 aromatic heterocycles. The summed E-state index contributed by atoms with van der Waals surface area (Å²) in [4.78, 5) is 15.7. The third-order valence-electron chi connectivity index (χ3n) is 2.66.